The molecule has 0 heterocycles. The molecule has 0 aliphatic heterocycles. The lowest BCUT2D eigenvalue weighted by Gasteiger charge is -2.21. The summed E-state index contributed by atoms with van der Waals surface area (Å²) < 4.78 is 0. The summed E-state index contributed by atoms with van der Waals surface area (Å²) in [7, 11) is 0. The van der Waals surface area contributed by atoms with E-state index in [-0.39, 0.29) is 0 Å². The molecule has 0 spiro atoms. The van der Waals surface area contributed by atoms with Crippen molar-refractivity contribution in [2.24, 2.45) is 29.6 Å². The van der Waals surface area contributed by atoms with Gasteiger partial charge < -0.3 is 0 Å². The molecule has 0 aromatic heterocycles. The molecule has 0 heteroatoms. The van der Waals surface area contributed by atoms with Gasteiger partial charge in [0.15, 0.2) is 0 Å². The molecule has 4 unspecified atom stereocenters. The average molecular weight is 168 g/mol. The third kappa shape index (κ3) is 1.41. The summed E-state index contributed by atoms with van der Waals surface area (Å²) in [5.41, 5.74) is 0. The van der Waals surface area contributed by atoms with Gasteiger partial charge in [0.2, 0.25) is 0 Å². The van der Waals surface area contributed by atoms with Gasteiger partial charge in [0.05, 0.1) is 0 Å². The van der Waals surface area contributed by atoms with E-state index >= 15 is 0 Å². The summed E-state index contributed by atoms with van der Waals surface area (Å²) in [5, 5.41) is 0. The molecule has 0 N–H and O–H groups in total. The van der Waals surface area contributed by atoms with Crippen molar-refractivity contribution in [3.63, 3.8) is 0 Å². The summed E-state index contributed by atoms with van der Waals surface area (Å²) in [6.45, 7) is 12.0. The molecule has 0 nitrogen and oxygen atoms in total. The average Bonchev–Trinajstić information content (AvgIpc) is 2.29. The predicted octanol–water partition coefficient (Wildman–Crippen LogP) is 3.96. The second-order valence-corrected chi connectivity index (χ2v) is 4.72. The van der Waals surface area contributed by atoms with E-state index in [2.05, 4.69) is 34.6 Å². The Morgan fingerprint density at radius 2 is 1.00 bits per heavy atom. The molecule has 72 valence electrons. The van der Waals surface area contributed by atoms with Gasteiger partial charge in [-0.05, 0) is 29.6 Å². The van der Waals surface area contributed by atoms with Crippen molar-refractivity contribution in [3.8, 4) is 0 Å². The van der Waals surface area contributed by atoms with Crippen LogP contribution >= 0.6 is 0 Å². The Morgan fingerprint density at radius 3 is 1.25 bits per heavy atom. The van der Waals surface area contributed by atoms with Crippen LogP contribution in [0, 0.1) is 29.6 Å². The van der Waals surface area contributed by atoms with E-state index in [1.54, 1.807) is 0 Å². The molecule has 1 aliphatic rings. The Hall–Kier alpha value is 0. The van der Waals surface area contributed by atoms with Crippen molar-refractivity contribution in [3.05, 3.63) is 0 Å². The molecule has 0 amide bonds. The zero-order chi connectivity index (χ0) is 9.30. The van der Waals surface area contributed by atoms with E-state index in [1.807, 2.05) is 0 Å². The lowest BCUT2D eigenvalue weighted by Crippen LogP contribution is -2.13. The maximum absolute atomic E-state index is 2.45. The van der Waals surface area contributed by atoms with Gasteiger partial charge in [-0.3, -0.25) is 0 Å². The molecule has 0 aromatic carbocycles. The quantitative estimate of drug-likeness (QED) is 0.585. The molecule has 0 saturated heterocycles. The summed E-state index contributed by atoms with van der Waals surface area (Å²) in [6.07, 6.45) is 2.77. The highest BCUT2D eigenvalue weighted by atomic mass is 14.5. The van der Waals surface area contributed by atoms with Crippen LogP contribution in [0.4, 0.5) is 0 Å². The fourth-order valence-electron chi connectivity index (χ4n) is 3.39. The molecule has 0 aromatic rings. The first-order valence-corrected chi connectivity index (χ1v) is 5.63. The summed E-state index contributed by atoms with van der Waals surface area (Å²) in [5.74, 6) is 4.85. The number of hydrogen-bond acceptors (Lipinski definition) is 0. The SMILES string of the molecule is CCC1C(C)C(C)C(C)C1CC. The first-order valence-electron chi connectivity index (χ1n) is 5.63. The van der Waals surface area contributed by atoms with Crippen molar-refractivity contribution < 1.29 is 0 Å². The maximum atomic E-state index is 2.45. The zero-order valence-corrected chi connectivity index (χ0v) is 9.30. The fraction of sp³-hybridized carbons (Fsp3) is 1.00. The van der Waals surface area contributed by atoms with Crippen molar-refractivity contribution in [2.75, 3.05) is 0 Å². The molecule has 0 bridgehead atoms. The normalized spacial score (nSPS) is 48.2. The largest absolute Gasteiger partial charge is 0.0651 e. The third-order valence-electron chi connectivity index (χ3n) is 4.50. The third-order valence-corrected chi connectivity index (χ3v) is 4.50. The molecule has 4 atom stereocenters. The number of rotatable bonds is 2. The minimum absolute atomic E-state index is 0.944. The van der Waals surface area contributed by atoms with Gasteiger partial charge in [0.1, 0.15) is 0 Å². The van der Waals surface area contributed by atoms with Gasteiger partial charge in [-0.25, -0.2) is 0 Å². The van der Waals surface area contributed by atoms with E-state index in [4.69, 9.17) is 0 Å². The van der Waals surface area contributed by atoms with Crippen LogP contribution in [0.3, 0.4) is 0 Å². The Bertz CT molecular complexity index is 123. The minimum atomic E-state index is 0.944. The predicted molar refractivity (Wildman–Crippen MR) is 55.1 cm³/mol. The fourth-order valence-corrected chi connectivity index (χ4v) is 3.39. The Labute approximate surface area is 77.7 Å². The molecule has 1 aliphatic carbocycles. The van der Waals surface area contributed by atoms with E-state index in [9.17, 15) is 0 Å². The van der Waals surface area contributed by atoms with Gasteiger partial charge in [0.25, 0.3) is 0 Å². The maximum Gasteiger partial charge on any atom is -0.0357 e. The van der Waals surface area contributed by atoms with Gasteiger partial charge in [-0.15, -0.1) is 0 Å². The molecular formula is C12H24. The topological polar surface area (TPSA) is 0 Å². The van der Waals surface area contributed by atoms with E-state index in [0.717, 1.165) is 29.6 Å². The number of hydrogen-bond donors (Lipinski definition) is 0. The van der Waals surface area contributed by atoms with Crippen LogP contribution < -0.4 is 0 Å². The Morgan fingerprint density at radius 1 is 0.667 bits per heavy atom. The van der Waals surface area contributed by atoms with Crippen LogP contribution in [0.1, 0.15) is 47.5 Å². The minimum Gasteiger partial charge on any atom is -0.0651 e. The van der Waals surface area contributed by atoms with Crippen LogP contribution in [0.25, 0.3) is 0 Å². The van der Waals surface area contributed by atoms with E-state index in [0.29, 0.717) is 0 Å². The summed E-state index contributed by atoms with van der Waals surface area (Å²) >= 11 is 0. The van der Waals surface area contributed by atoms with Crippen LogP contribution in [-0.4, -0.2) is 0 Å². The van der Waals surface area contributed by atoms with Gasteiger partial charge in [-0.2, -0.15) is 0 Å². The smallest absolute Gasteiger partial charge is 0.0357 e. The lowest BCUT2D eigenvalue weighted by molar-refractivity contribution is 0.282. The first kappa shape index (κ1) is 10.1. The van der Waals surface area contributed by atoms with Crippen molar-refractivity contribution in [2.45, 2.75) is 47.5 Å². The first-order chi connectivity index (χ1) is 5.63. The molecule has 1 rings (SSSR count). The van der Waals surface area contributed by atoms with Crippen molar-refractivity contribution in [1.29, 1.82) is 0 Å². The molecule has 1 saturated carbocycles. The van der Waals surface area contributed by atoms with Crippen LogP contribution in [0.2, 0.25) is 0 Å². The van der Waals surface area contributed by atoms with E-state index in [1.165, 1.54) is 12.8 Å². The van der Waals surface area contributed by atoms with Crippen LogP contribution in [0.5, 0.6) is 0 Å². The van der Waals surface area contributed by atoms with Crippen LogP contribution in [0.15, 0.2) is 0 Å². The van der Waals surface area contributed by atoms with Gasteiger partial charge >= 0.3 is 0 Å². The van der Waals surface area contributed by atoms with Gasteiger partial charge in [-0.1, -0.05) is 47.5 Å². The van der Waals surface area contributed by atoms with E-state index < -0.39 is 0 Å². The zero-order valence-electron chi connectivity index (χ0n) is 9.30. The summed E-state index contributed by atoms with van der Waals surface area (Å²) in [4.78, 5) is 0. The second kappa shape index (κ2) is 3.81. The van der Waals surface area contributed by atoms with Crippen molar-refractivity contribution >= 4 is 0 Å². The van der Waals surface area contributed by atoms with Crippen molar-refractivity contribution in [1.82, 2.24) is 0 Å². The molecule has 0 radical (unpaired) electrons. The summed E-state index contributed by atoms with van der Waals surface area (Å²) in [6, 6.07) is 0. The molecule has 12 heavy (non-hydrogen) atoms. The Kier molecular flexibility index (Phi) is 3.20. The Balaban J connectivity index is 2.72. The molecule has 1 fully saturated rings. The van der Waals surface area contributed by atoms with Gasteiger partial charge in [0, 0.05) is 0 Å². The second-order valence-electron chi connectivity index (χ2n) is 4.72. The van der Waals surface area contributed by atoms with Crippen LogP contribution in [-0.2, 0) is 0 Å². The highest BCUT2D eigenvalue weighted by Crippen LogP contribution is 2.48. The monoisotopic (exact) mass is 168 g/mol. The standard InChI is InChI=1S/C12H24/c1-6-11-9(4)8(3)10(5)12(11)7-2/h8-12H,6-7H2,1-5H3. The lowest BCUT2D eigenvalue weighted by atomic mass is 9.84. The highest BCUT2D eigenvalue weighted by molar-refractivity contribution is 4.90. The highest BCUT2D eigenvalue weighted by Gasteiger charge is 2.41. The molecular weight excluding hydrogens is 144 g/mol.